The van der Waals surface area contributed by atoms with Crippen LogP contribution in [0.15, 0.2) is 0 Å². The Morgan fingerprint density at radius 1 is 1.36 bits per heavy atom. The number of rotatable bonds is 4. The summed E-state index contributed by atoms with van der Waals surface area (Å²) < 4.78 is 0. The monoisotopic (exact) mass is 347 g/mol. The molecule has 3 heterocycles. The van der Waals surface area contributed by atoms with Gasteiger partial charge in [-0.2, -0.15) is 0 Å². The Labute approximate surface area is 149 Å². The lowest BCUT2D eigenvalue weighted by molar-refractivity contribution is 0.0600. The van der Waals surface area contributed by atoms with E-state index in [0.717, 1.165) is 36.6 Å². The normalized spacial score (nSPS) is 23.8. The summed E-state index contributed by atoms with van der Waals surface area (Å²) in [5.74, 6) is 1.94. The highest BCUT2D eigenvalue weighted by molar-refractivity contribution is 5.96. The lowest BCUT2D eigenvalue weighted by Gasteiger charge is -2.41. The molecule has 2 aliphatic heterocycles. The number of amides is 1. The molecule has 2 atom stereocenters. The van der Waals surface area contributed by atoms with Gasteiger partial charge in [-0.15, -0.1) is 0 Å². The van der Waals surface area contributed by atoms with E-state index in [1.54, 1.807) is 0 Å². The van der Waals surface area contributed by atoms with E-state index in [4.69, 9.17) is 4.98 Å². The number of nitrogens with one attached hydrogen (secondary N) is 1. The fourth-order valence-corrected chi connectivity index (χ4v) is 3.66. The summed E-state index contributed by atoms with van der Waals surface area (Å²) in [5.41, 5.74) is 1.48. The minimum Gasteiger partial charge on any atom is -0.391 e. The van der Waals surface area contributed by atoms with Crippen LogP contribution >= 0.6 is 0 Å². The summed E-state index contributed by atoms with van der Waals surface area (Å²) in [6, 6.07) is 0.0605. The summed E-state index contributed by atoms with van der Waals surface area (Å²) in [7, 11) is 3.98. The summed E-state index contributed by atoms with van der Waals surface area (Å²) in [6.45, 7) is 6.33. The van der Waals surface area contributed by atoms with Gasteiger partial charge in [0.15, 0.2) is 0 Å². The molecule has 2 aliphatic rings. The first-order chi connectivity index (χ1) is 11.9. The molecule has 0 aliphatic carbocycles. The van der Waals surface area contributed by atoms with Gasteiger partial charge in [0.25, 0.3) is 5.91 Å². The van der Waals surface area contributed by atoms with E-state index >= 15 is 0 Å². The number of piperidine rings is 1. The third-order valence-electron chi connectivity index (χ3n) is 5.01. The summed E-state index contributed by atoms with van der Waals surface area (Å²) >= 11 is 0. The van der Waals surface area contributed by atoms with Gasteiger partial charge in [-0.05, 0) is 32.9 Å². The number of carbonyl (C=O) groups is 1. The van der Waals surface area contributed by atoms with Crippen molar-refractivity contribution in [1.82, 2.24) is 20.2 Å². The molecule has 0 unspecified atom stereocenters. The van der Waals surface area contributed by atoms with Gasteiger partial charge in [0.05, 0.1) is 12.1 Å². The molecule has 7 heteroatoms. The summed E-state index contributed by atoms with van der Waals surface area (Å²) in [4.78, 5) is 26.0. The minimum absolute atomic E-state index is 0.0605. The molecule has 1 saturated heterocycles. The summed E-state index contributed by atoms with van der Waals surface area (Å²) in [6.07, 6.45) is 1.88. The topological polar surface area (TPSA) is 81.6 Å². The quantitative estimate of drug-likeness (QED) is 0.824. The van der Waals surface area contributed by atoms with E-state index in [9.17, 15) is 9.90 Å². The van der Waals surface area contributed by atoms with E-state index < -0.39 is 0 Å². The van der Waals surface area contributed by atoms with Crippen LogP contribution in [0.1, 0.15) is 42.1 Å². The van der Waals surface area contributed by atoms with Crippen LogP contribution in [0.3, 0.4) is 0 Å². The van der Waals surface area contributed by atoms with Crippen LogP contribution in [0.25, 0.3) is 0 Å². The van der Waals surface area contributed by atoms with Crippen molar-refractivity contribution in [3.8, 4) is 0 Å². The van der Waals surface area contributed by atoms with Crippen molar-refractivity contribution < 1.29 is 9.90 Å². The molecule has 2 N–H and O–H groups in total. The molecule has 0 aromatic carbocycles. The van der Waals surface area contributed by atoms with Crippen molar-refractivity contribution in [1.29, 1.82) is 0 Å². The first kappa shape index (κ1) is 18.1. The van der Waals surface area contributed by atoms with Gasteiger partial charge in [0.2, 0.25) is 0 Å². The standard InChI is InChI=1S/C18H29N5O2/c1-11(2)9-15-20-16-12(5-7-19-18(16)25)17(21-15)23-8-6-14(24)13(10-23)22(3)4/h11,13-14,24H,5-10H2,1-4H3,(H,19,25)/t13-,14-/m0/s1. The zero-order valence-electron chi connectivity index (χ0n) is 15.6. The second-order valence-electron chi connectivity index (χ2n) is 7.73. The van der Waals surface area contributed by atoms with Crippen molar-refractivity contribution in [2.24, 2.45) is 5.92 Å². The van der Waals surface area contributed by atoms with Crippen molar-refractivity contribution in [2.45, 2.75) is 45.3 Å². The highest BCUT2D eigenvalue weighted by atomic mass is 16.3. The van der Waals surface area contributed by atoms with Crippen LogP contribution in [0.4, 0.5) is 5.82 Å². The average Bonchev–Trinajstić information content (AvgIpc) is 2.55. The van der Waals surface area contributed by atoms with E-state index in [-0.39, 0.29) is 18.1 Å². The lowest BCUT2D eigenvalue weighted by Crippen LogP contribution is -2.53. The van der Waals surface area contributed by atoms with Crippen LogP contribution in [-0.4, -0.2) is 71.8 Å². The first-order valence-corrected chi connectivity index (χ1v) is 9.14. The van der Waals surface area contributed by atoms with Gasteiger partial charge < -0.3 is 20.2 Å². The number of aliphatic hydroxyl groups is 1. The second-order valence-corrected chi connectivity index (χ2v) is 7.73. The third kappa shape index (κ3) is 3.77. The number of nitrogens with zero attached hydrogens (tertiary/aromatic N) is 4. The molecule has 1 aromatic heterocycles. The van der Waals surface area contributed by atoms with Gasteiger partial charge in [-0.1, -0.05) is 13.8 Å². The molecule has 3 rings (SSSR count). The Hall–Kier alpha value is -1.73. The van der Waals surface area contributed by atoms with Crippen LogP contribution in [0.5, 0.6) is 0 Å². The Morgan fingerprint density at radius 2 is 2.12 bits per heavy atom. The van der Waals surface area contributed by atoms with E-state index in [1.165, 1.54) is 0 Å². The van der Waals surface area contributed by atoms with Crippen LogP contribution < -0.4 is 10.2 Å². The smallest absolute Gasteiger partial charge is 0.270 e. The fraction of sp³-hybridized carbons (Fsp3) is 0.722. The van der Waals surface area contributed by atoms with E-state index in [1.807, 2.05) is 14.1 Å². The van der Waals surface area contributed by atoms with Crippen LogP contribution in [-0.2, 0) is 12.8 Å². The molecule has 0 radical (unpaired) electrons. The molecular formula is C18H29N5O2. The molecular weight excluding hydrogens is 318 g/mol. The largest absolute Gasteiger partial charge is 0.391 e. The van der Waals surface area contributed by atoms with Gasteiger partial charge in [-0.3, -0.25) is 4.79 Å². The van der Waals surface area contributed by atoms with E-state index in [0.29, 0.717) is 31.1 Å². The molecule has 138 valence electrons. The molecule has 1 aromatic rings. The number of aliphatic hydroxyl groups excluding tert-OH is 1. The average molecular weight is 347 g/mol. The van der Waals surface area contributed by atoms with Gasteiger partial charge in [0, 0.05) is 31.6 Å². The lowest BCUT2D eigenvalue weighted by atomic mass is 9.99. The highest BCUT2D eigenvalue weighted by Crippen LogP contribution is 2.28. The molecule has 0 bridgehead atoms. The zero-order chi connectivity index (χ0) is 18.1. The fourth-order valence-electron chi connectivity index (χ4n) is 3.66. The van der Waals surface area contributed by atoms with Crippen LogP contribution in [0, 0.1) is 5.92 Å². The number of fused-ring (bicyclic) bond motifs is 1. The first-order valence-electron chi connectivity index (χ1n) is 9.14. The predicted molar refractivity (Wildman–Crippen MR) is 96.9 cm³/mol. The molecule has 7 nitrogen and oxygen atoms in total. The number of hydrogen-bond acceptors (Lipinski definition) is 6. The minimum atomic E-state index is -0.331. The van der Waals surface area contributed by atoms with Gasteiger partial charge in [0.1, 0.15) is 17.3 Å². The Morgan fingerprint density at radius 3 is 2.80 bits per heavy atom. The number of likely N-dealkylation sites (N-methyl/N-ethyl adjacent to an activating group) is 1. The Balaban J connectivity index is 1.99. The maximum Gasteiger partial charge on any atom is 0.270 e. The van der Waals surface area contributed by atoms with Gasteiger partial charge in [-0.25, -0.2) is 9.97 Å². The molecule has 1 fully saturated rings. The predicted octanol–water partition coefficient (Wildman–Crippen LogP) is 0.462. The maximum atomic E-state index is 12.3. The Bertz CT molecular complexity index is 647. The molecule has 0 saturated carbocycles. The van der Waals surface area contributed by atoms with Crippen molar-refractivity contribution in [2.75, 3.05) is 38.6 Å². The van der Waals surface area contributed by atoms with E-state index in [2.05, 4.69) is 33.9 Å². The number of aromatic nitrogens is 2. The van der Waals surface area contributed by atoms with Crippen LogP contribution in [0.2, 0.25) is 0 Å². The Kier molecular flexibility index (Phi) is 5.24. The second kappa shape index (κ2) is 7.25. The zero-order valence-corrected chi connectivity index (χ0v) is 15.6. The SMILES string of the molecule is CC(C)Cc1nc2c(c(N3CC[C@H](O)[C@@H](N(C)C)C3)n1)CCNC2=O. The molecule has 1 amide bonds. The number of hydrogen-bond donors (Lipinski definition) is 2. The molecule has 0 spiro atoms. The summed E-state index contributed by atoms with van der Waals surface area (Å²) in [5, 5.41) is 13.2. The maximum absolute atomic E-state index is 12.3. The third-order valence-corrected chi connectivity index (χ3v) is 5.01. The highest BCUT2D eigenvalue weighted by Gasteiger charge is 2.33. The van der Waals surface area contributed by atoms with Crippen molar-refractivity contribution in [3.05, 3.63) is 17.1 Å². The van der Waals surface area contributed by atoms with Crippen molar-refractivity contribution >= 4 is 11.7 Å². The number of carbonyl (C=O) groups excluding carboxylic acids is 1. The van der Waals surface area contributed by atoms with Gasteiger partial charge >= 0.3 is 0 Å². The molecule has 25 heavy (non-hydrogen) atoms. The number of anilines is 1. The van der Waals surface area contributed by atoms with Crippen molar-refractivity contribution in [3.63, 3.8) is 0 Å².